The molecule has 1 saturated carbocycles. The van der Waals surface area contributed by atoms with E-state index in [1.54, 1.807) is 0 Å². The maximum atomic E-state index is 9.43. The number of hydrogen-bond donors (Lipinski definition) is 1. The van der Waals surface area contributed by atoms with Gasteiger partial charge in [0.1, 0.15) is 5.54 Å². The van der Waals surface area contributed by atoms with Crippen molar-refractivity contribution < 1.29 is 4.74 Å². The van der Waals surface area contributed by atoms with Crippen molar-refractivity contribution in [2.45, 2.75) is 96.3 Å². The van der Waals surface area contributed by atoms with Gasteiger partial charge in [-0.1, -0.05) is 39.5 Å². The van der Waals surface area contributed by atoms with Crippen LogP contribution in [0.15, 0.2) is 0 Å². The minimum atomic E-state index is -0.331. The lowest BCUT2D eigenvalue weighted by molar-refractivity contribution is -0.00545. The predicted molar refractivity (Wildman–Crippen MR) is 83.6 cm³/mol. The summed E-state index contributed by atoms with van der Waals surface area (Å²) >= 11 is 0. The first-order chi connectivity index (χ1) is 9.65. The van der Waals surface area contributed by atoms with Crippen LogP contribution in [-0.4, -0.2) is 24.3 Å². The zero-order valence-electron chi connectivity index (χ0n) is 13.6. The van der Waals surface area contributed by atoms with Gasteiger partial charge in [-0.15, -0.1) is 0 Å². The minimum Gasteiger partial charge on any atom is -0.375 e. The number of ether oxygens (including phenoxy) is 1. The van der Waals surface area contributed by atoms with Crippen LogP contribution in [-0.2, 0) is 4.74 Å². The quantitative estimate of drug-likeness (QED) is 0.611. The summed E-state index contributed by atoms with van der Waals surface area (Å²) in [6.07, 6.45) is 10.8. The fourth-order valence-electron chi connectivity index (χ4n) is 3.04. The average molecular weight is 280 g/mol. The van der Waals surface area contributed by atoms with Crippen LogP contribution in [0, 0.1) is 11.3 Å². The van der Waals surface area contributed by atoms with Gasteiger partial charge in [-0.3, -0.25) is 5.32 Å². The van der Waals surface area contributed by atoms with Gasteiger partial charge in [0.05, 0.1) is 18.3 Å². The van der Waals surface area contributed by atoms with E-state index in [1.807, 2.05) is 0 Å². The first kappa shape index (κ1) is 17.5. The van der Waals surface area contributed by atoms with Crippen molar-refractivity contribution in [2.24, 2.45) is 0 Å². The summed E-state index contributed by atoms with van der Waals surface area (Å²) in [6.45, 7) is 7.48. The van der Waals surface area contributed by atoms with Gasteiger partial charge in [0, 0.05) is 6.42 Å². The van der Waals surface area contributed by atoms with Crippen molar-refractivity contribution in [1.82, 2.24) is 5.32 Å². The molecule has 0 aromatic carbocycles. The minimum absolute atomic E-state index is 0.264. The summed E-state index contributed by atoms with van der Waals surface area (Å²) in [5, 5.41) is 12.8. The maximum Gasteiger partial charge on any atom is 0.109 e. The van der Waals surface area contributed by atoms with Crippen LogP contribution in [0.25, 0.3) is 0 Å². The van der Waals surface area contributed by atoms with Crippen molar-refractivity contribution >= 4 is 0 Å². The molecular formula is C17H32N2O. The zero-order chi connectivity index (χ0) is 14.8. The molecule has 0 amide bonds. The molecule has 116 valence electrons. The normalized spacial score (nSPS) is 27.4. The van der Waals surface area contributed by atoms with E-state index in [1.165, 1.54) is 25.7 Å². The molecule has 1 aliphatic rings. The third-order valence-electron chi connectivity index (χ3n) is 4.29. The molecule has 1 N–H and O–H groups in total. The lowest BCUT2D eigenvalue weighted by Crippen LogP contribution is -2.42. The van der Waals surface area contributed by atoms with Gasteiger partial charge in [0.2, 0.25) is 0 Å². The molecule has 20 heavy (non-hydrogen) atoms. The summed E-state index contributed by atoms with van der Waals surface area (Å²) in [7, 11) is 0. The van der Waals surface area contributed by atoms with Crippen LogP contribution in [0.3, 0.4) is 0 Å². The van der Waals surface area contributed by atoms with Gasteiger partial charge in [0.25, 0.3) is 0 Å². The highest BCUT2D eigenvalue weighted by Gasteiger charge is 2.39. The summed E-state index contributed by atoms with van der Waals surface area (Å²) in [6, 6.07) is 2.48. The molecule has 3 atom stereocenters. The molecule has 0 aliphatic heterocycles. The Morgan fingerprint density at radius 3 is 2.75 bits per heavy atom. The fourth-order valence-corrected chi connectivity index (χ4v) is 3.04. The highest BCUT2D eigenvalue weighted by atomic mass is 16.5. The van der Waals surface area contributed by atoms with Gasteiger partial charge in [0.15, 0.2) is 0 Å². The molecule has 0 aromatic rings. The molecule has 1 rings (SSSR count). The van der Waals surface area contributed by atoms with E-state index in [-0.39, 0.29) is 11.6 Å². The van der Waals surface area contributed by atoms with E-state index < -0.39 is 0 Å². The molecule has 0 spiro atoms. The largest absolute Gasteiger partial charge is 0.375 e. The summed E-state index contributed by atoms with van der Waals surface area (Å²) < 4.78 is 6.14. The number of rotatable bonds is 10. The third-order valence-corrected chi connectivity index (χ3v) is 4.29. The van der Waals surface area contributed by atoms with Crippen LogP contribution in [0.2, 0.25) is 0 Å². The Balaban J connectivity index is 2.27. The number of hydrogen-bond acceptors (Lipinski definition) is 3. The molecular weight excluding hydrogens is 248 g/mol. The molecule has 0 heterocycles. The summed E-state index contributed by atoms with van der Waals surface area (Å²) in [5.74, 6) is 0. The smallest absolute Gasteiger partial charge is 0.109 e. The van der Waals surface area contributed by atoms with Crippen LogP contribution < -0.4 is 5.32 Å². The Kier molecular flexibility index (Phi) is 8.18. The first-order valence-electron chi connectivity index (χ1n) is 8.47. The van der Waals surface area contributed by atoms with Gasteiger partial charge in [-0.2, -0.15) is 5.26 Å². The predicted octanol–water partition coefficient (Wildman–Crippen LogP) is 4.18. The number of nitrogens with one attached hydrogen (secondary N) is 1. The second-order valence-electron chi connectivity index (χ2n) is 6.28. The number of nitriles is 1. The van der Waals surface area contributed by atoms with Gasteiger partial charge in [-0.25, -0.2) is 0 Å². The van der Waals surface area contributed by atoms with E-state index in [0.29, 0.717) is 6.10 Å². The van der Waals surface area contributed by atoms with E-state index in [0.717, 1.165) is 38.6 Å². The second kappa shape index (κ2) is 9.37. The Labute approximate surface area is 125 Å². The molecule has 0 radical (unpaired) electrons. The Morgan fingerprint density at radius 2 is 2.10 bits per heavy atom. The highest BCUT2D eigenvalue weighted by Crippen LogP contribution is 2.32. The lowest BCUT2D eigenvalue weighted by atomic mass is 9.99. The van der Waals surface area contributed by atoms with Crippen molar-refractivity contribution in [3.05, 3.63) is 0 Å². The Bertz CT molecular complexity index is 300. The zero-order valence-corrected chi connectivity index (χ0v) is 13.6. The molecule has 3 nitrogen and oxygen atoms in total. The molecule has 1 aliphatic carbocycles. The maximum absolute atomic E-state index is 9.43. The Morgan fingerprint density at radius 1 is 1.30 bits per heavy atom. The van der Waals surface area contributed by atoms with E-state index in [4.69, 9.17) is 4.74 Å². The SMILES string of the molecule is CCCCCCC(C)OC1CCC(C#N)(NCCC)C1. The fraction of sp³-hybridized carbons (Fsp3) is 0.941. The third kappa shape index (κ3) is 5.81. The van der Waals surface area contributed by atoms with Gasteiger partial charge < -0.3 is 4.74 Å². The van der Waals surface area contributed by atoms with Crippen LogP contribution in [0.1, 0.15) is 78.6 Å². The summed E-state index contributed by atoms with van der Waals surface area (Å²) in [5.41, 5.74) is -0.331. The highest BCUT2D eigenvalue weighted by molar-refractivity contribution is 5.12. The van der Waals surface area contributed by atoms with Crippen molar-refractivity contribution in [2.75, 3.05) is 6.54 Å². The molecule has 3 unspecified atom stereocenters. The number of nitrogens with zero attached hydrogens (tertiary/aromatic N) is 1. The van der Waals surface area contributed by atoms with Gasteiger partial charge in [-0.05, 0) is 39.2 Å². The van der Waals surface area contributed by atoms with Crippen molar-refractivity contribution in [1.29, 1.82) is 5.26 Å². The van der Waals surface area contributed by atoms with E-state index in [2.05, 4.69) is 32.2 Å². The topological polar surface area (TPSA) is 45.0 Å². The molecule has 1 fully saturated rings. The lowest BCUT2D eigenvalue weighted by Gasteiger charge is -2.23. The van der Waals surface area contributed by atoms with Gasteiger partial charge >= 0.3 is 0 Å². The molecule has 0 saturated heterocycles. The number of unbranched alkanes of at least 4 members (excludes halogenated alkanes) is 3. The van der Waals surface area contributed by atoms with Crippen molar-refractivity contribution in [3.8, 4) is 6.07 Å². The monoisotopic (exact) mass is 280 g/mol. The van der Waals surface area contributed by atoms with Crippen LogP contribution in [0.5, 0.6) is 0 Å². The Hall–Kier alpha value is -0.590. The molecule has 0 aromatic heterocycles. The summed E-state index contributed by atoms with van der Waals surface area (Å²) in [4.78, 5) is 0. The second-order valence-corrected chi connectivity index (χ2v) is 6.28. The molecule has 3 heteroatoms. The van der Waals surface area contributed by atoms with Crippen LogP contribution >= 0.6 is 0 Å². The van der Waals surface area contributed by atoms with E-state index in [9.17, 15) is 5.26 Å². The standard InChI is InChI=1S/C17H32N2O/c1-4-6-7-8-9-15(3)20-16-10-11-17(13-16,14-18)19-12-5-2/h15-16,19H,4-13H2,1-3H3. The first-order valence-corrected chi connectivity index (χ1v) is 8.47. The average Bonchev–Trinajstić information content (AvgIpc) is 2.85. The van der Waals surface area contributed by atoms with E-state index >= 15 is 0 Å². The molecule has 0 bridgehead atoms. The van der Waals surface area contributed by atoms with Crippen molar-refractivity contribution in [3.63, 3.8) is 0 Å². The van der Waals surface area contributed by atoms with Crippen LogP contribution in [0.4, 0.5) is 0 Å².